The molecule has 0 saturated heterocycles. The monoisotopic (exact) mass is 275 g/mol. The smallest absolute Gasteiger partial charge is 0.156 e. The summed E-state index contributed by atoms with van der Waals surface area (Å²) < 4.78 is 5.51. The zero-order valence-corrected chi connectivity index (χ0v) is 11.8. The SMILES string of the molecule is CCCOc1c(Cl)cc(CC(N)CC)cc1Cl. The van der Waals surface area contributed by atoms with Crippen LogP contribution in [0.25, 0.3) is 0 Å². The first-order valence-corrected chi connectivity index (χ1v) is 6.70. The minimum absolute atomic E-state index is 0.143. The summed E-state index contributed by atoms with van der Waals surface area (Å²) in [5, 5.41) is 1.12. The molecule has 1 aromatic rings. The van der Waals surface area contributed by atoms with E-state index < -0.39 is 0 Å². The van der Waals surface area contributed by atoms with Crippen LogP contribution < -0.4 is 10.5 Å². The molecule has 1 aromatic carbocycles. The predicted octanol–water partition coefficient (Wildman–Crippen LogP) is 4.06. The highest BCUT2D eigenvalue weighted by molar-refractivity contribution is 6.37. The third-order valence-electron chi connectivity index (χ3n) is 2.53. The summed E-state index contributed by atoms with van der Waals surface area (Å²) in [7, 11) is 0. The number of halogens is 2. The van der Waals surface area contributed by atoms with Gasteiger partial charge in [-0.05, 0) is 37.0 Å². The molecule has 0 aliphatic rings. The van der Waals surface area contributed by atoms with Gasteiger partial charge in [-0.25, -0.2) is 0 Å². The molecule has 96 valence electrons. The van der Waals surface area contributed by atoms with E-state index in [0.717, 1.165) is 24.8 Å². The van der Waals surface area contributed by atoms with Crippen molar-refractivity contribution in [1.29, 1.82) is 0 Å². The molecule has 0 aliphatic carbocycles. The fourth-order valence-electron chi connectivity index (χ4n) is 1.52. The highest BCUT2D eigenvalue weighted by Crippen LogP contribution is 2.34. The van der Waals surface area contributed by atoms with Crippen LogP contribution in [-0.4, -0.2) is 12.6 Å². The maximum Gasteiger partial charge on any atom is 0.156 e. The quantitative estimate of drug-likeness (QED) is 0.850. The third-order valence-corrected chi connectivity index (χ3v) is 3.09. The molecule has 0 amide bonds. The first-order valence-electron chi connectivity index (χ1n) is 5.94. The molecule has 2 nitrogen and oxygen atoms in total. The molecule has 17 heavy (non-hydrogen) atoms. The van der Waals surface area contributed by atoms with E-state index in [2.05, 4.69) is 6.92 Å². The van der Waals surface area contributed by atoms with Crippen molar-refractivity contribution in [3.63, 3.8) is 0 Å². The van der Waals surface area contributed by atoms with Crippen LogP contribution in [0.4, 0.5) is 0 Å². The van der Waals surface area contributed by atoms with E-state index in [0.29, 0.717) is 22.4 Å². The second-order valence-electron chi connectivity index (χ2n) is 4.11. The van der Waals surface area contributed by atoms with Gasteiger partial charge in [-0.3, -0.25) is 0 Å². The molecule has 0 radical (unpaired) electrons. The predicted molar refractivity (Wildman–Crippen MR) is 74.2 cm³/mol. The van der Waals surface area contributed by atoms with Crippen LogP contribution in [0.2, 0.25) is 10.0 Å². The van der Waals surface area contributed by atoms with E-state index in [1.54, 1.807) is 0 Å². The zero-order valence-electron chi connectivity index (χ0n) is 10.3. The summed E-state index contributed by atoms with van der Waals surface area (Å²) in [6.07, 6.45) is 2.64. The van der Waals surface area contributed by atoms with E-state index >= 15 is 0 Å². The Morgan fingerprint density at radius 3 is 2.29 bits per heavy atom. The summed E-state index contributed by atoms with van der Waals surface area (Å²) in [5.41, 5.74) is 6.96. The lowest BCUT2D eigenvalue weighted by Gasteiger charge is -2.13. The van der Waals surface area contributed by atoms with Gasteiger partial charge in [0.1, 0.15) is 0 Å². The molecule has 0 fully saturated rings. The molecule has 0 aromatic heterocycles. The van der Waals surface area contributed by atoms with Crippen LogP contribution in [0.3, 0.4) is 0 Å². The Morgan fingerprint density at radius 1 is 1.24 bits per heavy atom. The lowest BCUT2D eigenvalue weighted by Crippen LogP contribution is -2.21. The van der Waals surface area contributed by atoms with Gasteiger partial charge in [-0.1, -0.05) is 37.0 Å². The fraction of sp³-hybridized carbons (Fsp3) is 0.538. The van der Waals surface area contributed by atoms with E-state index in [-0.39, 0.29) is 6.04 Å². The van der Waals surface area contributed by atoms with Gasteiger partial charge in [0.15, 0.2) is 5.75 Å². The van der Waals surface area contributed by atoms with Gasteiger partial charge in [-0.2, -0.15) is 0 Å². The van der Waals surface area contributed by atoms with Crippen molar-refractivity contribution in [1.82, 2.24) is 0 Å². The van der Waals surface area contributed by atoms with Gasteiger partial charge >= 0.3 is 0 Å². The number of hydrogen-bond donors (Lipinski definition) is 1. The van der Waals surface area contributed by atoms with Crippen LogP contribution in [0.5, 0.6) is 5.75 Å². The Morgan fingerprint density at radius 2 is 1.82 bits per heavy atom. The maximum atomic E-state index is 6.15. The molecule has 1 rings (SSSR count). The first-order chi connectivity index (χ1) is 8.08. The molecule has 1 unspecified atom stereocenters. The molecular weight excluding hydrogens is 257 g/mol. The zero-order chi connectivity index (χ0) is 12.8. The van der Waals surface area contributed by atoms with Crippen LogP contribution in [0.15, 0.2) is 12.1 Å². The van der Waals surface area contributed by atoms with Crippen molar-refractivity contribution in [3.05, 3.63) is 27.7 Å². The summed E-state index contributed by atoms with van der Waals surface area (Å²) in [4.78, 5) is 0. The van der Waals surface area contributed by atoms with Crippen molar-refractivity contribution in [2.45, 2.75) is 39.2 Å². The van der Waals surface area contributed by atoms with Gasteiger partial charge in [0, 0.05) is 6.04 Å². The van der Waals surface area contributed by atoms with E-state index in [1.165, 1.54) is 0 Å². The first kappa shape index (κ1) is 14.6. The van der Waals surface area contributed by atoms with Crippen LogP contribution in [0, 0.1) is 0 Å². The number of rotatable bonds is 6. The Kier molecular flexibility index (Phi) is 6.10. The lowest BCUT2D eigenvalue weighted by atomic mass is 10.0. The van der Waals surface area contributed by atoms with Crippen molar-refractivity contribution >= 4 is 23.2 Å². The molecule has 0 heterocycles. The highest BCUT2D eigenvalue weighted by Gasteiger charge is 2.11. The Bertz CT molecular complexity index is 345. The number of nitrogens with two attached hydrogens (primary N) is 1. The van der Waals surface area contributed by atoms with Gasteiger partial charge < -0.3 is 10.5 Å². The second-order valence-corrected chi connectivity index (χ2v) is 4.92. The number of hydrogen-bond acceptors (Lipinski definition) is 2. The Balaban J connectivity index is 2.85. The molecule has 0 saturated carbocycles. The van der Waals surface area contributed by atoms with Crippen LogP contribution in [0.1, 0.15) is 32.3 Å². The van der Waals surface area contributed by atoms with Crippen molar-refractivity contribution in [3.8, 4) is 5.75 Å². The summed E-state index contributed by atoms with van der Waals surface area (Å²) in [5.74, 6) is 0.573. The molecule has 4 heteroatoms. The molecule has 1 atom stereocenters. The number of ether oxygens (including phenoxy) is 1. The molecular formula is C13H19Cl2NO. The van der Waals surface area contributed by atoms with Gasteiger partial charge in [0.25, 0.3) is 0 Å². The minimum atomic E-state index is 0.143. The average molecular weight is 276 g/mol. The summed E-state index contributed by atoms with van der Waals surface area (Å²) >= 11 is 12.3. The molecule has 0 spiro atoms. The average Bonchev–Trinajstić information content (AvgIpc) is 2.28. The van der Waals surface area contributed by atoms with E-state index in [9.17, 15) is 0 Å². The lowest BCUT2D eigenvalue weighted by molar-refractivity contribution is 0.317. The molecule has 2 N–H and O–H groups in total. The molecule has 0 aliphatic heterocycles. The standard InChI is InChI=1S/C13H19Cl2NO/c1-3-5-17-13-11(14)7-9(8-12(13)15)6-10(16)4-2/h7-8,10H,3-6,16H2,1-2H3. The van der Waals surface area contributed by atoms with Crippen molar-refractivity contribution < 1.29 is 4.74 Å². The molecule has 0 bridgehead atoms. The normalized spacial score (nSPS) is 12.5. The largest absolute Gasteiger partial charge is 0.490 e. The topological polar surface area (TPSA) is 35.2 Å². The van der Waals surface area contributed by atoms with Gasteiger partial charge in [0.05, 0.1) is 16.7 Å². The third kappa shape index (κ3) is 4.38. The van der Waals surface area contributed by atoms with Crippen LogP contribution >= 0.6 is 23.2 Å². The van der Waals surface area contributed by atoms with Gasteiger partial charge in [-0.15, -0.1) is 0 Å². The highest BCUT2D eigenvalue weighted by atomic mass is 35.5. The van der Waals surface area contributed by atoms with E-state index in [1.807, 2.05) is 19.1 Å². The van der Waals surface area contributed by atoms with Crippen molar-refractivity contribution in [2.75, 3.05) is 6.61 Å². The Hall–Kier alpha value is -0.440. The van der Waals surface area contributed by atoms with E-state index in [4.69, 9.17) is 33.7 Å². The van der Waals surface area contributed by atoms with Crippen LogP contribution in [-0.2, 0) is 6.42 Å². The second kappa shape index (κ2) is 7.10. The van der Waals surface area contributed by atoms with Gasteiger partial charge in [0.2, 0.25) is 0 Å². The number of benzene rings is 1. The van der Waals surface area contributed by atoms with Crippen molar-refractivity contribution in [2.24, 2.45) is 5.73 Å². The Labute approximate surface area is 113 Å². The summed E-state index contributed by atoms with van der Waals surface area (Å²) in [6, 6.07) is 3.91. The minimum Gasteiger partial charge on any atom is -0.490 e. The fourth-order valence-corrected chi connectivity index (χ4v) is 2.16. The summed E-state index contributed by atoms with van der Waals surface area (Å²) in [6.45, 7) is 4.72. The maximum absolute atomic E-state index is 6.15.